The van der Waals surface area contributed by atoms with Crippen LogP contribution in [0.1, 0.15) is 83.1 Å². The molecule has 0 aliphatic rings. The summed E-state index contributed by atoms with van der Waals surface area (Å²) in [5, 5.41) is 4.21. The molecule has 260 valence electrons. The molecule has 0 nitrogen and oxygen atoms in total. The Hall–Kier alpha value is -0.261. The Morgan fingerprint density at radius 3 is 0.804 bits per heavy atom. The molecule has 4 aromatic carbocycles. The van der Waals surface area contributed by atoms with Crippen LogP contribution in [0.3, 0.4) is 0 Å². The Balaban J connectivity index is 0.000000415. The molecule has 0 atom stereocenters. The second-order valence-corrected chi connectivity index (χ2v) is 22.8. The number of benzene rings is 4. The van der Waals surface area contributed by atoms with E-state index in [9.17, 15) is 0 Å². The van der Waals surface area contributed by atoms with Crippen molar-refractivity contribution in [3.05, 3.63) is 109 Å². The summed E-state index contributed by atoms with van der Waals surface area (Å²) in [6.45, 7) is 28.6. The molecule has 0 aliphatic carbocycles. The van der Waals surface area contributed by atoms with Crippen LogP contribution in [0.4, 0.5) is 0 Å². The van der Waals surface area contributed by atoms with Crippen molar-refractivity contribution in [3.8, 4) is 22.3 Å². The van der Waals surface area contributed by atoms with Crippen molar-refractivity contribution in [2.24, 2.45) is 0 Å². The first-order valence-electron chi connectivity index (χ1n) is 15.5. The van der Waals surface area contributed by atoms with Gasteiger partial charge in [-0.2, -0.15) is 0 Å². The molecule has 0 N–H and O–H groups in total. The van der Waals surface area contributed by atoms with E-state index in [0.29, 0.717) is 20.6 Å². The summed E-state index contributed by atoms with van der Waals surface area (Å²) in [5.41, 5.74) is 5.45. The summed E-state index contributed by atoms with van der Waals surface area (Å²) < 4.78 is 0. The Kier molecular flexibility index (Phi) is 18.8. The summed E-state index contributed by atoms with van der Waals surface area (Å²) >= 11 is 13.0. The average Bonchev–Trinajstić information content (AvgIpc) is 2.98. The Morgan fingerprint density at radius 1 is 0.348 bits per heavy atom. The van der Waals surface area contributed by atoms with Gasteiger partial charge in [-0.25, -0.2) is 0 Å². The summed E-state index contributed by atoms with van der Waals surface area (Å²) in [5.74, 6) is 0. The fourth-order valence-electron chi connectivity index (χ4n) is 6.52. The van der Waals surface area contributed by atoms with E-state index < -0.39 is 0 Å². The second-order valence-electron chi connectivity index (χ2n) is 15.1. The van der Waals surface area contributed by atoms with E-state index in [1.165, 1.54) is 32.9 Å². The van der Waals surface area contributed by atoms with E-state index in [4.69, 9.17) is 0 Å². The number of halogens is 2. The third-order valence-electron chi connectivity index (χ3n) is 7.14. The standard InChI is InChI=1S/2C20H27P.2BrH.2Cu/c2*1-19(2,3)21(20(4,5)6)18-15-11-10-14-17(18)16-12-8-7-9-13-16;;;;/h2*7-15H,1-6H3;2*1H;;/q;;;;2*+1/p-2. The van der Waals surface area contributed by atoms with Crippen LogP contribution in [0.15, 0.2) is 109 Å². The van der Waals surface area contributed by atoms with Crippen molar-refractivity contribution >= 4 is 54.7 Å². The van der Waals surface area contributed by atoms with Crippen molar-refractivity contribution in [1.29, 1.82) is 0 Å². The third-order valence-corrected chi connectivity index (χ3v) is 14.3. The maximum atomic E-state index is 4.00. The molecule has 0 unspecified atom stereocenters. The monoisotopic (exact) mass is 880 g/mol. The molecule has 0 fully saturated rings. The summed E-state index contributed by atoms with van der Waals surface area (Å²) in [6, 6.07) is 39.5. The zero-order chi connectivity index (χ0) is 35.3. The van der Waals surface area contributed by atoms with E-state index in [-0.39, 0.29) is 15.8 Å². The van der Waals surface area contributed by atoms with Gasteiger partial charge in [0.1, 0.15) is 0 Å². The Labute approximate surface area is 315 Å². The van der Waals surface area contributed by atoms with Crippen molar-refractivity contribution < 1.29 is 28.4 Å². The van der Waals surface area contributed by atoms with Crippen LogP contribution in [0, 0.1) is 0 Å². The van der Waals surface area contributed by atoms with E-state index >= 15 is 0 Å². The molecule has 4 aromatic rings. The molecule has 46 heavy (non-hydrogen) atoms. The second kappa shape index (κ2) is 19.8. The van der Waals surface area contributed by atoms with Crippen molar-refractivity contribution in [2.75, 3.05) is 0 Å². The van der Waals surface area contributed by atoms with Gasteiger partial charge in [0.05, 0.1) is 0 Å². The molecular formula is C40H54Br2Cu2P2. The molecule has 6 heteroatoms. The van der Waals surface area contributed by atoms with Gasteiger partial charge >= 0.3 is 56.6 Å². The fraction of sp³-hybridized carbons (Fsp3) is 0.400. The van der Waals surface area contributed by atoms with E-state index in [2.05, 4.69) is 249 Å². The maximum absolute atomic E-state index is 4.00. The van der Waals surface area contributed by atoms with Crippen molar-refractivity contribution in [2.45, 2.75) is 104 Å². The van der Waals surface area contributed by atoms with E-state index in [0.717, 1.165) is 0 Å². The van der Waals surface area contributed by atoms with Crippen LogP contribution in [0.2, 0.25) is 0 Å². The van der Waals surface area contributed by atoms with E-state index in [1.54, 1.807) is 0 Å². The molecule has 0 radical (unpaired) electrons. The van der Waals surface area contributed by atoms with Gasteiger partial charge in [-0.1, -0.05) is 208 Å². The number of rotatable bonds is 4. The molecule has 0 aromatic heterocycles. The van der Waals surface area contributed by atoms with Gasteiger partial charge in [0.2, 0.25) is 0 Å². The Bertz CT molecular complexity index is 1280. The summed E-state index contributed by atoms with van der Waals surface area (Å²) in [6.07, 6.45) is 0. The first-order chi connectivity index (χ1) is 21.4. The van der Waals surface area contributed by atoms with Crippen LogP contribution in [-0.2, 0) is 28.4 Å². The third kappa shape index (κ3) is 13.2. The van der Waals surface area contributed by atoms with Crippen LogP contribution >= 0.6 is 44.1 Å². The SMILES string of the molecule is CC(C)(C)P(c1ccccc1-c1ccccc1)C(C)(C)C.CC(C)(C)P(c1ccccc1-c1ccccc1)C(C)(C)C.[Cu][Br].[Cu][Br]. The van der Waals surface area contributed by atoms with Crippen molar-refractivity contribution in [1.82, 2.24) is 0 Å². The molecular weight excluding hydrogens is 829 g/mol. The minimum absolute atomic E-state index is 0.282. The van der Waals surface area contributed by atoms with Gasteiger partial charge in [-0.3, -0.25) is 0 Å². The van der Waals surface area contributed by atoms with Gasteiger partial charge in [0.15, 0.2) is 0 Å². The number of hydrogen-bond donors (Lipinski definition) is 0. The van der Waals surface area contributed by atoms with Gasteiger partial charge < -0.3 is 0 Å². The first kappa shape index (κ1) is 43.8. The predicted molar refractivity (Wildman–Crippen MR) is 214 cm³/mol. The fourth-order valence-corrected chi connectivity index (χ4v) is 14.8. The normalized spacial score (nSPS) is 11.9. The van der Waals surface area contributed by atoms with Gasteiger partial charge in [-0.15, -0.1) is 0 Å². The molecule has 0 aliphatic heterocycles. The molecule has 0 saturated carbocycles. The quantitative estimate of drug-likeness (QED) is 0.142. The molecule has 0 heterocycles. The van der Waals surface area contributed by atoms with Crippen molar-refractivity contribution in [3.63, 3.8) is 0 Å². The van der Waals surface area contributed by atoms with E-state index in [1.807, 2.05) is 0 Å². The minimum atomic E-state index is -0.282. The van der Waals surface area contributed by atoms with Crippen LogP contribution < -0.4 is 10.6 Å². The Morgan fingerprint density at radius 2 is 0.565 bits per heavy atom. The topological polar surface area (TPSA) is 0 Å². The van der Waals surface area contributed by atoms with Crippen LogP contribution in [0.5, 0.6) is 0 Å². The van der Waals surface area contributed by atoms with Gasteiger partial charge in [0.25, 0.3) is 0 Å². The first-order valence-corrected chi connectivity index (χ1v) is 22.9. The zero-order valence-corrected chi connectivity index (χ0v) is 36.5. The average molecular weight is 884 g/mol. The molecule has 0 bridgehead atoms. The zero-order valence-electron chi connectivity index (χ0n) is 29.6. The molecule has 0 saturated heterocycles. The molecule has 4 rings (SSSR count). The van der Waals surface area contributed by atoms with Crippen LogP contribution in [-0.4, -0.2) is 20.6 Å². The van der Waals surface area contributed by atoms with Gasteiger partial charge in [0, 0.05) is 0 Å². The number of hydrogen-bond acceptors (Lipinski definition) is 0. The van der Waals surface area contributed by atoms with Gasteiger partial charge in [-0.05, 0) is 53.5 Å². The summed E-state index contributed by atoms with van der Waals surface area (Å²) in [4.78, 5) is 0. The molecule has 0 spiro atoms. The van der Waals surface area contributed by atoms with Crippen LogP contribution in [0.25, 0.3) is 22.3 Å². The summed E-state index contributed by atoms with van der Waals surface area (Å²) in [7, 11) is -0.565. The predicted octanol–water partition coefficient (Wildman–Crippen LogP) is 13.8. The molecule has 0 amide bonds.